The largest absolute Gasteiger partial charge is 0.375 e. The SMILES string of the molecule is Cc1cc(C)c(NCC(=O)NC(C)(C)C)c(Br)c1. The van der Waals surface area contributed by atoms with E-state index in [9.17, 15) is 4.79 Å². The molecule has 1 amide bonds. The van der Waals surface area contributed by atoms with Crippen molar-refractivity contribution >= 4 is 27.5 Å². The molecule has 4 heteroatoms. The monoisotopic (exact) mass is 312 g/mol. The Bertz CT molecular complexity index is 427. The van der Waals surface area contributed by atoms with Gasteiger partial charge in [-0.25, -0.2) is 0 Å². The summed E-state index contributed by atoms with van der Waals surface area (Å²) in [7, 11) is 0. The summed E-state index contributed by atoms with van der Waals surface area (Å²) in [6, 6.07) is 4.13. The number of anilines is 1. The van der Waals surface area contributed by atoms with E-state index in [2.05, 4.69) is 32.6 Å². The van der Waals surface area contributed by atoms with E-state index in [0.717, 1.165) is 15.7 Å². The number of aryl methyl sites for hydroxylation is 2. The van der Waals surface area contributed by atoms with E-state index in [0.29, 0.717) is 0 Å². The highest BCUT2D eigenvalue weighted by molar-refractivity contribution is 9.10. The average Bonchev–Trinajstić information content (AvgIpc) is 2.12. The van der Waals surface area contributed by atoms with Crippen LogP contribution in [0.4, 0.5) is 5.69 Å². The second-order valence-electron chi connectivity index (χ2n) is 5.59. The number of amides is 1. The van der Waals surface area contributed by atoms with Gasteiger partial charge in [-0.3, -0.25) is 4.79 Å². The molecule has 0 spiro atoms. The van der Waals surface area contributed by atoms with Crippen molar-refractivity contribution in [2.75, 3.05) is 11.9 Å². The summed E-state index contributed by atoms with van der Waals surface area (Å²) < 4.78 is 0.989. The van der Waals surface area contributed by atoms with Crippen LogP contribution in [-0.2, 0) is 4.79 Å². The predicted molar refractivity (Wildman–Crippen MR) is 80.0 cm³/mol. The summed E-state index contributed by atoms with van der Waals surface area (Å²) in [5, 5.41) is 6.09. The third-order valence-corrected chi connectivity index (χ3v) is 3.00. The van der Waals surface area contributed by atoms with Gasteiger partial charge in [0.25, 0.3) is 0 Å². The number of rotatable bonds is 3. The van der Waals surface area contributed by atoms with Gasteiger partial charge in [-0.1, -0.05) is 6.07 Å². The molecule has 0 fully saturated rings. The zero-order valence-corrected chi connectivity index (χ0v) is 13.2. The number of halogens is 1. The molecule has 0 heterocycles. The number of carbonyl (C=O) groups excluding carboxylic acids is 1. The predicted octanol–water partition coefficient (Wildman–Crippen LogP) is 3.39. The van der Waals surface area contributed by atoms with Gasteiger partial charge in [-0.05, 0) is 67.7 Å². The second-order valence-corrected chi connectivity index (χ2v) is 6.44. The minimum atomic E-state index is -0.196. The Morgan fingerprint density at radius 2 is 1.89 bits per heavy atom. The molecule has 0 unspecified atom stereocenters. The van der Waals surface area contributed by atoms with Crippen LogP contribution in [0.5, 0.6) is 0 Å². The Balaban J connectivity index is 2.67. The second kappa shape index (κ2) is 5.74. The van der Waals surface area contributed by atoms with Crippen molar-refractivity contribution in [1.82, 2.24) is 5.32 Å². The number of benzene rings is 1. The quantitative estimate of drug-likeness (QED) is 0.898. The van der Waals surface area contributed by atoms with Crippen LogP contribution in [-0.4, -0.2) is 18.0 Å². The molecule has 0 radical (unpaired) electrons. The van der Waals surface area contributed by atoms with Gasteiger partial charge in [-0.15, -0.1) is 0 Å². The highest BCUT2D eigenvalue weighted by Crippen LogP contribution is 2.27. The minimum Gasteiger partial charge on any atom is -0.375 e. The molecule has 2 N–H and O–H groups in total. The maximum atomic E-state index is 11.7. The number of carbonyl (C=O) groups is 1. The molecule has 0 saturated carbocycles. The van der Waals surface area contributed by atoms with Crippen LogP contribution in [0, 0.1) is 13.8 Å². The maximum Gasteiger partial charge on any atom is 0.239 e. The first-order chi connectivity index (χ1) is 8.19. The van der Waals surface area contributed by atoms with E-state index in [1.165, 1.54) is 5.56 Å². The van der Waals surface area contributed by atoms with Crippen molar-refractivity contribution < 1.29 is 4.79 Å². The normalized spacial score (nSPS) is 11.2. The van der Waals surface area contributed by atoms with Gasteiger partial charge in [0.2, 0.25) is 5.91 Å². The van der Waals surface area contributed by atoms with Crippen LogP contribution in [0.1, 0.15) is 31.9 Å². The van der Waals surface area contributed by atoms with E-state index in [4.69, 9.17) is 0 Å². The first-order valence-electron chi connectivity index (χ1n) is 6.00. The summed E-state index contributed by atoms with van der Waals surface area (Å²) in [5.74, 6) is -0.00521. The molecule has 18 heavy (non-hydrogen) atoms. The lowest BCUT2D eigenvalue weighted by molar-refractivity contribution is -0.120. The van der Waals surface area contributed by atoms with Gasteiger partial charge in [0.1, 0.15) is 0 Å². The van der Waals surface area contributed by atoms with Gasteiger partial charge >= 0.3 is 0 Å². The Hall–Kier alpha value is -1.03. The molecular weight excluding hydrogens is 292 g/mol. The number of hydrogen-bond donors (Lipinski definition) is 2. The Morgan fingerprint density at radius 1 is 1.28 bits per heavy atom. The van der Waals surface area contributed by atoms with E-state index < -0.39 is 0 Å². The highest BCUT2D eigenvalue weighted by Gasteiger charge is 2.14. The fourth-order valence-corrected chi connectivity index (χ4v) is 2.58. The third kappa shape index (κ3) is 4.69. The summed E-state index contributed by atoms with van der Waals surface area (Å²) in [5.41, 5.74) is 3.11. The summed E-state index contributed by atoms with van der Waals surface area (Å²) >= 11 is 3.52. The fourth-order valence-electron chi connectivity index (χ4n) is 1.77. The van der Waals surface area contributed by atoms with Gasteiger partial charge < -0.3 is 10.6 Å². The van der Waals surface area contributed by atoms with Crippen LogP contribution >= 0.6 is 15.9 Å². The smallest absolute Gasteiger partial charge is 0.239 e. The Kier molecular flexibility index (Phi) is 4.79. The van der Waals surface area contributed by atoms with Gasteiger partial charge in [0.05, 0.1) is 12.2 Å². The Morgan fingerprint density at radius 3 is 2.39 bits per heavy atom. The van der Waals surface area contributed by atoms with Crippen molar-refractivity contribution in [2.45, 2.75) is 40.2 Å². The molecular formula is C14H21BrN2O. The van der Waals surface area contributed by atoms with Crippen LogP contribution in [0.3, 0.4) is 0 Å². The third-order valence-electron chi connectivity index (χ3n) is 2.37. The molecule has 1 aromatic rings. The first-order valence-corrected chi connectivity index (χ1v) is 6.80. The van der Waals surface area contributed by atoms with Crippen molar-refractivity contribution in [3.63, 3.8) is 0 Å². The maximum absolute atomic E-state index is 11.7. The molecule has 1 aromatic carbocycles. The van der Waals surface area contributed by atoms with Crippen molar-refractivity contribution in [2.24, 2.45) is 0 Å². The lowest BCUT2D eigenvalue weighted by Gasteiger charge is -2.21. The topological polar surface area (TPSA) is 41.1 Å². The van der Waals surface area contributed by atoms with E-state index >= 15 is 0 Å². The van der Waals surface area contributed by atoms with Gasteiger partial charge in [-0.2, -0.15) is 0 Å². The van der Waals surface area contributed by atoms with Gasteiger partial charge in [0.15, 0.2) is 0 Å². The first kappa shape index (κ1) is 15.0. The standard InChI is InChI=1S/C14H21BrN2O/c1-9-6-10(2)13(11(15)7-9)16-8-12(18)17-14(3,4)5/h6-7,16H,8H2,1-5H3,(H,17,18). The number of hydrogen-bond acceptors (Lipinski definition) is 2. The molecule has 0 bridgehead atoms. The molecule has 0 aliphatic heterocycles. The average molecular weight is 313 g/mol. The summed E-state index contributed by atoms with van der Waals surface area (Å²) in [4.78, 5) is 11.7. The molecule has 1 rings (SSSR count). The van der Waals surface area contributed by atoms with Crippen LogP contribution < -0.4 is 10.6 Å². The lowest BCUT2D eigenvalue weighted by Crippen LogP contribution is -2.43. The molecule has 100 valence electrons. The molecule has 0 aliphatic rings. The van der Waals surface area contributed by atoms with Crippen molar-refractivity contribution in [1.29, 1.82) is 0 Å². The fraction of sp³-hybridized carbons (Fsp3) is 0.500. The van der Waals surface area contributed by atoms with Crippen molar-refractivity contribution in [3.05, 3.63) is 27.7 Å². The van der Waals surface area contributed by atoms with Gasteiger partial charge in [0, 0.05) is 10.0 Å². The zero-order chi connectivity index (χ0) is 13.9. The Labute approximate surface area is 117 Å². The highest BCUT2D eigenvalue weighted by atomic mass is 79.9. The zero-order valence-electron chi connectivity index (χ0n) is 11.6. The lowest BCUT2D eigenvalue weighted by atomic mass is 10.1. The molecule has 0 aliphatic carbocycles. The van der Waals surface area contributed by atoms with Crippen LogP contribution in [0.2, 0.25) is 0 Å². The number of nitrogens with one attached hydrogen (secondary N) is 2. The summed E-state index contributed by atoms with van der Waals surface area (Å²) in [6.45, 7) is 10.3. The van der Waals surface area contributed by atoms with E-state index in [1.54, 1.807) is 0 Å². The molecule has 0 saturated heterocycles. The van der Waals surface area contributed by atoms with E-state index in [1.807, 2.05) is 40.7 Å². The van der Waals surface area contributed by atoms with Crippen LogP contribution in [0.25, 0.3) is 0 Å². The minimum absolute atomic E-state index is 0.00521. The van der Waals surface area contributed by atoms with E-state index in [-0.39, 0.29) is 18.0 Å². The summed E-state index contributed by atoms with van der Waals surface area (Å²) in [6.07, 6.45) is 0. The molecule has 0 atom stereocenters. The molecule has 3 nitrogen and oxygen atoms in total. The van der Waals surface area contributed by atoms with Crippen LogP contribution in [0.15, 0.2) is 16.6 Å². The van der Waals surface area contributed by atoms with Crippen molar-refractivity contribution in [3.8, 4) is 0 Å². The molecule has 0 aromatic heterocycles.